The molecule has 4 rings (SSSR count). The zero-order valence-corrected chi connectivity index (χ0v) is 17.7. The fraction of sp³-hybridized carbons (Fsp3) is 0.200. The minimum atomic E-state index is -3.63. The highest BCUT2D eigenvalue weighted by molar-refractivity contribution is 7.89. The van der Waals surface area contributed by atoms with Gasteiger partial charge in [0.2, 0.25) is 10.0 Å². The van der Waals surface area contributed by atoms with Gasteiger partial charge in [-0.3, -0.25) is 10.1 Å². The zero-order valence-electron chi connectivity index (χ0n) is 15.3. The number of sulfonamides is 1. The van der Waals surface area contributed by atoms with Gasteiger partial charge in [0.15, 0.2) is 5.13 Å². The molecule has 0 spiro atoms. The van der Waals surface area contributed by atoms with Crippen LogP contribution in [0.3, 0.4) is 0 Å². The van der Waals surface area contributed by atoms with E-state index in [-0.39, 0.29) is 15.5 Å². The van der Waals surface area contributed by atoms with E-state index in [1.165, 1.54) is 33.8 Å². The van der Waals surface area contributed by atoms with E-state index in [0.29, 0.717) is 18.2 Å². The van der Waals surface area contributed by atoms with Crippen LogP contribution >= 0.6 is 22.9 Å². The lowest BCUT2D eigenvalue weighted by molar-refractivity contribution is 0.102. The summed E-state index contributed by atoms with van der Waals surface area (Å²) in [6.07, 6.45) is 1.68. The molecule has 0 atom stereocenters. The quantitative estimate of drug-likeness (QED) is 0.624. The van der Waals surface area contributed by atoms with Gasteiger partial charge in [0.05, 0.1) is 21.2 Å². The molecule has 0 radical (unpaired) electrons. The molecule has 1 aliphatic rings. The van der Waals surface area contributed by atoms with E-state index in [1.54, 1.807) is 0 Å². The number of amides is 1. The number of nitrogens with one attached hydrogen (secondary N) is 1. The van der Waals surface area contributed by atoms with Gasteiger partial charge in [-0.2, -0.15) is 4.31 Å². The summed E-state index contributed by atoms with van der Waals surface area (Å²) in [7, 11) is -3.63. The fourth-order valence-electron chi connectivity index (χ4n) is 3.15. The zero-order chi connectivity index (χ0) is 20.4. The molecular weight excluding hydrogens is 430 g/mol. The Hall–Kier alpha value is -2.26. The molecule has 0 bridgehead atoms. The Labute approximate surface area is 178 Å². The summed E-state index contributed by atoms with van der Waals surface area (Å²) in [5.74, 6) is -0.498. The molecule has 6 nitrogen and oxygen atoms in total. The third kappa shape index (κ3) is 4.20. The number of anilines is 1. The van der Waals surface area contributed by atoms with E-state index >= 15 is 0 Å². The lowest BCUT2D eigenvalue weighted by Gasteiger charge is -2.16. The van der Waals surface area contributed by atoms with Crippen LogP contribution in [-0.2, 0) is 10.0 Å². The van der Waals surface area contributed by atoms with Crippen LogP contribution in [0.2, 0.25) is 5.02 Å². The van der Waals surface area contributed by atoms with Crippen molar-refractivity contribution in [2.45, 2.75) is 17.7 Å². The van der Waals surface area contributed by atoms with Crippen molar-refractivity contribution in [1.82, 2.24) is 9.29 Å². The van der Waals surface area contributed by atoms with E-state index in [9.17, 15) is 13.2 Å². The molecule has 1 N–H and O–H groups in total. The maximum atomic E-state index is 12.8. The lowest BCUT2D eigenvalue weighted by atomic mass is 10.2. The number of aromatic nitrogens is 1. The Bertz CT molecular complexity index is 1140. The van der Waals surface area contributed by atoms with Crippen LogP contribution in [0.5, 0.6) is 0 Å². The van der Waals surface area contributed by atoms with Crippen LogP contribution in [-0.4, -0.2) is 36.7 Å². The van der Waals surface area contributed by atoms with E-state index in [4.69, 9.17) is 11.6 Å². The topological polar surface area (TPSA) is 79.4 Å². The van der Waals surface area contributed by atoms with Crippen LogP contribution in [0.4, 0.5) is 5.13 Å². The van der Waals surface area contributed by atoms with Gasteiger partial charge in [0.25, 0.3) is 5.91 Å². The van der Waals surface area contributed by atoms with Crippen molar-refractivity contribution < 1.29 is 13.2 Å². The monoisotopic (exact) mass is 447 g/mol. The predicted octanol–water partition coefficient (Wildman–Crippen LogP) is 4.50. The highest BCUT2D eigenvalue weighted by atomic mass is 35.5. The van der Waals surface area contributed by atoms with Crippen LogP contribution < -0.4 is 5.32 Å². The first-order chi connectivity index (χ1) is 13.9. The van der Waals surface area contributed by atoms with E-state index in [0.717, 1.165) is 24.1 Å². The Kier molecular flexibility index (Phi) is 5.69. The van der Waals surface area contributed by atoms with Crippen molar-refractivity contribution in [3.8, 4) is 11.3 Å². The molecule has 1 amide bonds. The number of hydrogen-bond acceptors (Lipinski definition) is 5. The van der Waals surface area contributed by atoms with Gasteiger partial charge >= 0.3 is 0 Å². The van der Waals surface area contributed by atoms with Crippen LogP contribution in [0.25, 0.3) is 11.3 Å². The van der Waals surface area contributed by atoms with Crippen LogP contribution in [0.1, 0.15) is 23.2 Å². The molecule has 150 valence electrons. The summed E-state index contributed by atoms with van der Waals surface area (Å²) in [5.41, 5.74) is 1.80. The normalized spacial score (nSPS) is 14.8. The number of carbonyl (C=O) groups is 1. The van der Waals surface area contributed by atoms with Crippen molar-refractivity contribution in [3.63, 3.8) is 0 Å². The minimum Gasteiger partial charge on any atom is -0.298 e. The lowest BCUT2D eigenvalue weighted by Crippen LogP contribution is -2.28. The molecule has 1 aliphatic heterocycles. The number of nitrogens with zero attached hydrogens (tertiary/aromatic N) is 2. The number of rotatable bonds is 5. The van der Waals surface area contributed by atoms with Crippen LogP contribution in [0, 0.1) is 0 Å². The maximum absolute atomic E-state index is 12.8. The summed E-state index contributed by atoms with van der Waals surface area (Å²) in [5, 5.41) is 5.16. The molecule has 1 saturated heterocycles. The molecule has 0 aliphatic carbocycles. The molecule has 0 unspecified atom stereocenters. The Morgan fingerprint density at radius 3 is 2.55 bits per heavy atom. The van der Waals surface area contributed by atoms with Crippen molar-refractivity contribution in [1.29, 1.82) is 0 Å². The summed E-state index contributed by atoms with van der Waals surface area (Å²) in [6, 6.07) is 13.8. The van der Waals surface area contributed by atoms with Gasteiger partial charge < -0.3 is 0 Å². The molecule has 2 heterocycles. The van der Waals surface area contributed by atoms with Gasteiger partial charge in [-0.15, -0.1) is 11.3 Å². The first-order valence-corrected chi connectivity index (χ1v) is 11.8. The Balaban J connectivity index is 1.57. The largest absolute Gasteiger partial charge is 0.298 e. The van der Waals surface area contributed by atoms with Crippen molar-refractivity contribution in [3.05, 3.63) is 64.5 Å². The second kappa shape index (κ2) is 8.23. The molecule has 3 aromatic rings. The van der Waals surface area contributed by atoms with Crippen molar-refractivity contribution in [2.24, 2.45) is 0 Å². The second-order valence-corrected chi connectivity index (χ2v) is 9.81. The number of halogens is 1. The first kappa shape index (κ1) is 20.0. The molecule has 0 saturated carbocycles. The standard InChI is InChI=1S/C20H18ClN3O3S2/c21-17-9-8-15(29(26,27)24-10-4-5-11-24)12-16(17)19(25)23-20-22-18(13-28-20)14-6-2-1-3-7-14/h1-3,6-9,12-13H,4-5,10-11H2,(H,22,23,25). The third-order valence-corrected chi connectivity index (χ3v) is 7.66. The molecule has 1 fully saturated rings. The molecule has 2 aromatic carbocycles. The van der Waals surface area contributed by atoms with Gasteiger partial charge in [-0.1, -0.05) is 41.9 Å². The highest BCUT2D eigenvalue weighted by Crippen LogP contribution is 2.28. The van der Waals surface area contributed by atoms with Crippen LogP contribution in [0.15, 0.2) is 58.8 Å². The second-order valence-electron chi connectivity index (χ2n) is 6.61. The number of thiazole rings is 1. The summed E-state index contributed by atoms with van der Waals surface area (Å²) >= 11 is 7.47. The number of carbonyl (C=O) groups excluding carboxylic acids is 1. The number of benzene rings is 2. The smallest absolute Gasteiger partial charge is 0.259 e. The highest BCUT2D eigenvalue weighted by Gasteiger charge is 2.28. The van der Waals surface area contributed by atoms with Gasteiger partial charge in [-0.25, -0.2) is 13.4 Å². The average Bonchev–Trinajstić information content (AvgIpc) is 3.41. The Morgan fingerprint density at radius 1 is 1.10 bits per heavy atom. The third-order valence-electron chi connectivity index (χ3n) is 4.68. The maximum Gasteiger partial charge on any atom is 0.259 e. The van der Waals surface area contributed by atoms with E-state index in [2.05, 4.69) is 10.3 Å². The van der Waals surface area contributed by atoms with Gasteiger partial charge in [0, 0.05) is 24.0 Å². The van der Waals surface area contributed by atoms with Gasteiger partial charge in [0.1, 0.15) is 0 Å². The van der Waals surface area contributed by atoms with E-state index < -0.39 is 15.9 Å². The molecule has 29 heavy (non-hydrogen) atoms. The molecule has 1 aromatic heterocycles. The van der Waals surface area contributed by atoms with Crippen molar-refractivity contribution in [2.75, 3.05) is 18.4 Å². The Morgan fingerprint density at radius 2 is 1.83 bits per heavy atom. The van der Waals surface area contributed by atoms with E-state index in [1.807, 2.05) is 35.7 Å². The summed E-state index contributed by atoms with van der Waals surface area (Å²) in [6.45, 7) is 0.988. The minimum absolute atomic E-state index is 0.0677. The van der Waals surface area contributed by atoms with Gasteiger partial charge in [-0.05, 0) is 31.0 Å². The predicted molar refractivity (Wildman–Crippen MR) is 115 cm³/mol. The average molecular weight is 448 g/mol. The first-order valence-electron chi connectivity index (χ1n) is 9.07. The number of hydrogen-bond donors (Lipinski definition) is 1. The summed E-state index contributed by atoms with van der Waals surface area (Å²) in [4.78, 5) is 17.2. The SMILES string of the molecule is O=C(Nc1nc(-c2ccccc2)cs1)c1cc(S(=O)(=O)N2CCCC2)ccc1Cl. The van der Waals surface area contributed by atoms with Crippen molar-refractivity contribution >= 4 is 44.0 Å². The summed E-state index contributed by atoms with van der Waals surface area (Å²) < 4.78 is 27.0. The fourth-order valence-corrected chi connectivity index (χ4v) is 5.62. The molecule has 9 heteroatoms. The molecular formula is C20H18ClN3O3S2.